The number of hydrogen-bond acceptors (Lipinski definition) is 3. The molecule has 2 aromatic carbocycles. The Morgan fingerprint density at radius 2 is 2.00 bits per heavy atom. The van der Waals surface area contributed by atoms with Crippen LogP contribution in [0.5, 0.6) is 5.75 Å². The SMILES string of the molecule is O=C(N/N=C\CCc1ccccc1)c1cc(Cl)ccc1O. The summed E-state index contributed by atoms with van der Waals surface area (Å²) in [6.07, 6.45) is 3.20. The standard InChI is InChI=1S/C16H15ClN2O2/c17-13-8-9-15(20)14(11-13)16(21)19-18-10-4-7-12-5-2-1-3-6-12/h1-3,5-6,8-11,20H,4,7H2,(H,19,21)/b18-10-. The summed E-state index contributed by atoms with van der Waals surface area (Å²) in [4.78, 5) is 11.8. The Bertz CT molecular complexity index is 642. The number of hydrazone groups is 1. The van der Waals surface area contributed by atoms with Gasteiger partial charge < -0.3 is 5.11 Å². The molecule has 2 aromatic rings. The third-order valence-corrected chi connectivity index (χ3v) is 3.10. The molecule has 0 saturated heterocycles. The fraction of sp³-hybridized carbons (Fsp3) is 0.125. The van der Waals surface area contributed by atoms with Crippen molar-refractivity contribution in [1.82, 2.24) is 5.43 Å². The molecule has 5 heteroatoms. The number of nitrogens with one attached hydrogen (secondary N) is 1. The van der Waals surface area contributed by atoms with Crippen LogP contribution in [-0.4, -0.2) is 17.2 Å². The van der Waals surface area contributed by atoms with Crippen LogP contribution in [0.15, 0.2) is 53.6 Å². The number of hydrogen-bond donors (Lipinski definition) is 2. The first kappa shape index (κ1) is 15.1. The maximum absolute atomic E-state index is 11.8. The zero-order valence-electron chi connectivity index (χ0n) is 11.3. The molecule has 0 spiro atoms. The van der Waals surface area contributed by atoms with Gasteiger partial charge in [0.1, 0.15) is 5.75 Å². The Hall–Kier alpha value is -2.33. The molecule has 0 aliphatic heterocycles. The molecule has 0 bridgehead atoms. The van der Waals surface area contributed by atoms with Gasteiger partial charge in [0.05, 0.1) is 5.56 Å². The van der Waals surface area contributed by atoms with E-state index in [4.69, 9.17) is 11.6 Å². The summed E-state index contributed by atoms with van der Waals surface area (Å²) >= 11 is 5.78. The first-order valence-electron chi connectivity index (χ1n) is 6.51. The quantitative estimate of drug-likeness (QED) is 0.657. The lowest BCUT2D eigenvalue weighted by Crippen LogP contribution is -2.17. The number of aromatic hydroxyl groups is 1. The summed E-state index contributed by atoms with van der Waals surface area (Å²) in [5.74, 6) is -0.623. The molecule has 1 amide bonds. The van der Waals surface area contributed by atoms with Gasteiger partial charge in [-0.3, -0.25) is 4.79 Å². The van der Waals surface area contributed by atoms with Gasteiger partial charge in [0.2, 0.25) is 0 Å². The molecule has 0 fully saturated rings. The topological polar surface area (TPSA) is 61.7 Å². The summed E-state index contributed by atoms with van der Waals surface area (Å²) in [5, 5.41) is 13.8. The lowest BCUT2D eigenvalue weighted by molar-refractivity contribution is 0.0952. The fourth-order valence-corrected chi connectivity index (χ4v) is 1.97. The Morgan fingerprint density at radius 1 is 1.24 bits per heavy atom. The van der Waals surface area contributed by atoms with Crippen LogP contribution < -0.4 is 5.43 Å². The van der Waals surface area contributed by atoms with Crippen molar-refractivity contribution in [3.05, 3.63) is 64.7 Å². The zero-order chi connectivity index (χ0) is 15.1. The molecule has 21 heavy (non-hydrogen) atoms. The molecule has 0 aromatic heterocycles. The number of aryl methyl sites for hydroxylation is 1. The van der Waals surface area contributed by atoms with Crippen LogP contribution in [0.3, 0.4) is 0 Å². The summed E-state index contributed by atoms with van der Waals surface area (Å²) in [6, 6.07) is 14.3. The van der Waals surface area contributed by atoms with Crippen LogP contribution >= 0.6 is 11.6 Å². The second kappa shape index (κ2) is 7.45. The predicted molar refractivity (Wildman–Crippen MR) is 83.8 cm³/mol. The number of carbonyl (C=O) groups is 1. The van der Waals surface area contributed by atoms with Crippen molar-refractivity contribution in [2.24, 2.45) is 5.10 Å². The Balaban J connectivity index is 1.83. The first-order valence-corrected chi connectivity index (χ1v) is 6.89. The smallest absolute Gasteiger partial charge is 0.275 e. The van der Waals surface area contributed by atoms with Crippen molar-refractivity contribution < 1.29 is 9.90 Å². The van der Waals surface area contributed by atoms with Crippen molar-refractivity contribution in [3.63, 3.8) is 0 Å². The summed E-state index contributed by atoms with van der Waals surface area (Å²) in [5.41, 5.74) is 3.68. The minimum absolute atomic E-state index is 0.0997. The maximum atomic E-state index is 11.8. The highest BCUT2D eigenvalue weighted by Crippen LogP contribution is 2.21. The van der Waals surface area contributed by atoms with Crippen molar-refractivity contribution in [2.45, 2.75) is 12.8 Å². The van der Waals surface area contributed by atoms with Gasteiger partial charge in [0, 0.05) is 11.2 Å². The molecule has 0 radical (unpaired) electrons. The van der Waals surface area contributed by atoms with Crippen LogP contribution in [-0.2, 0) is 6.42 Å². The molecular weight excluding hydrogens is 288 g/mol. The molecule has 2 N–H and O–H groups in total. The van der Waals surface area contributed by atoms with E-state index in [2.05, 4.69) is 10.5 Å². The van der Waals surface area contributed by atoms with Crippen molar-refractivity contribution in [3.8, 4) is 5.75 Å². The number of halogens is 1. The van der Waals surface area contributed by atoms with E-state index in [9.17, 15) is 9.90 Å². The number of phenols is 1. The van der Waals surface area contributed by atoms with E-state index in [-0.39, 0.29) is 11.3 Å². The molecule has 0 unspecified atom stereocenters. The number of phenolic OH excluding ortho intramolecular Hbond substituents is 1. The monoisotopic (exact) mass is 302 g/mol. The second-order valence-electron chi connectivity index (χ2n) is 4.44. The van der Waals surface area contributed by atoms with Gasteiger partial charge in [-0.1, -0.05) is 41.9 Å². The average Bonchev–Trinajstić information content (AvgIpc) is 2.50. The number of rotatable bonds is 5. The van der Waals surface area contributed by atoms with Crippen LogP contribution in [0.25, 0.3) is 0 Å². The number of benzene rings is 2. The third-order valence-electron chi connectivity index (χ3n) is 2.87. The van der Waals surface area contributed by atoms with E-state index in [0.717, 1.165) is 6.42 Å². The van der Waals surface area contributed by atoms with E-state index in [1.165, 1.54) is 23.8 Å². The van der Waals surface area contributed by atoms with Gasteiger partial charge in [0.15, 0.2) is 0 Å². The highest BCUT2D eigenvalue weighted by molar-refractivity contribution is 6.31. The molecule has 0 aliphatic carbocycles. The number of carbonyl (C=O) groups excluding carboxylic acids is 1. The molecule has 0 aliphatic rings. The lowest BCUT2D eigenvalue weighted by atomic mass is 10.1. The van der Waals surface area contributed by atoms with Gasteiger partial charge in [-0.25, -0.2) is 5.43 Å². The molecule has 4 nitrogen and oxygen atoms in total. The van der Waals surface area contributed by atoms with Crippen LogP contribution in [0.1, 0.15) is 22.3 Å². The van der Waals surface area contributed by atoms with Crippen LogP contribution in [0, 0.1) is 0 Å². The van der Waals surface area contributed by atoms with Crippen molar-refractivity contribution in [2.75, 3.05) is 0 Å². The summed E-state index contributed by atoms with van der Waals surface area (Å²) in [7, 11) is 0. The minimum atomic E-state index is -0.494. The van der Waals surface area contributed by atoms with E-state index in [0.29, 0.717) is 11.4 Å². The first-order chi connectivity index (χ1) is 10.2. The number of amides is 1. The summed E-state index contributed by atoms with van der Waals surface area (Å²) in [6.45, 7) is 0. The molecule has 0 saturated carbocycles. The van der Waals surface area contributed by atoms with Crippen LogP contribution in [0.2, 0.25) is 5.02 Å². The predicted octanol–water partition coefficient (Wildman–Crippen LogP) is 3.39. The molecule has 2 rings (SSSR count). The van der Waals surface area contributed by atoms with E-state index < -0.39 is 5.91 Å². The third kappa shape index (κ3) is 4.61. The second-order valence-corrected chi connectivity index (χ2v) is 4.87. The van der Waals surface area contributed by atoms with Gasteiger partial charge in [-0.05, 0) is 36.6 Å². The lowest BCUT2D eigenvalue weighted by Gasteiger charge is -2.03. The maximum Gasteiger partial charge on any atom is 0.275 e. The largest absolute Gasteiger partial charge is 0.507 e. The van der Waals surface area contributed by atoms with Gasteiger partial charge in [0.25, 0.3) is 5.91 Å². The highest BCUT2D eigenvalue weighted by Gasteiger charge is 2.10. The Labute approximate surface area is 128 Å². The molecule has 0 atom stereocenters. The van der Waals surface area contributed by atoms with Crippen molar-refractivity contribution >= 4 is 23.7 Å². The normalized spacial score (nSPS) is 10.7. The highest BCUT2D eigenvalue weighted by atomic mass is 35.5. The van der Waals surface area contributed by atoms with E-state index in [1.807, 2.05) is 30.3 Å². The van der Waals surface area contributed by atoms with Gasteiger partial charge in [-0.15, -0.1) is 0 Å². The van der Waals surface area contributed by atoms with Gasteiger partial charge in [-0.2, -0.15) is 5.10 Å². The number of nitrogens with zero attached hydrogens (tertiary/aromatic N) is 1. The minimum Gasteiger partial charge on any atom is -0.507 e. The zero-order valence-corrected chi connectivity index (χ0v) is 12.0. The Kier molecular flexibility index (Phi) is 5.35. The van der Waals surface area contributed by atoms with Crippen molar-refractivity contribution in [1.29, 1.82) is 0 Å². The van der Waals surface area contributed by atoms with Crippen LogP contribution in [0.4, 0.5) is 0 Å². The molecule has 108 valence electrons. The average molecular weight is 303 g/mol. The molecular formula is C16H15ClN2O2. The van der Waals surface area contributed by atoms with Gasteiger partial charge >= 0.3 is 0 Å². The molecule has 0 heterocycles. The fourth-order valence-electron chi connectivity index (χ4n) is 1.80. The Morgan fingerprint density at radius 3 is 2.76 bits per heavy atom. The summed E-state index contributed by atoms with van der Waals surface area (Å²) < 4.78 is 0. The van der Waals surface area contributed by atoms with E-state index >= 15 is 0 Å². The van der Waals surface area contributed by atoms with E-state index in [1.54, 1.807) is 6.21 Å².